The first-order valence-electron chi connectivity index (χ1n) is 14.2. The summed E-state index contributed by atoms with van der Waals surface area (Å²) in [6.45, 7) is 13.3. The van der Waals surface area contributed by atoms with Crippen LogP contribution in [-0.2, 0) is 16.0 Å². The maximum atomic E-state index is 12.3. The van der Waals surface area contributed by atoms with Crippen LogP contribution in [-0.4, -0.2) is 47.4 Å². The number of amides is 1. The van der Waals surface area contributed by atoms with Crippen LogP contribution >= 0.6 is 0 Å². The van der Waals surface area contributed by atoms with Crippen LogP contribution in [0.1, 0.15) is 70.4 Å². The van der Waals surface area contributed by atoms with E-state index in [4.69, 9.17) is 14.5 Å². The lowest BCUT2D eigenvalue weighted by Gasteiger charge is -2.34. The monoisotopic (exact) mass is 558 g/mol. The Morgan fingerprint density at radius 1 is 0.902 bits per heavy atom. The number of aromatic nitrogens is 1. The zero-order chi connectivity index (χ0) is 29.6. The van der Waals surface area contributed by atoms with Gasteiger partial charge in [0.15, 0.2) is 0 Å². The molecule has 1 aliphatic rings. The summed E-state index contributed by atoms with van der Waals surface area (Å²) in [4.78, 5) is 31.7. The van der Waals surface area contributed by atoms with Gasteiger partial charge in [-0.2, -0.15) is 0 Å². The fourth-order valence-corrected chi connectivity index (χ4v) is 4.67. The Labute approximate surface area is 243 Å². The van der Waals surface area contributed by atoms with Gasteiger partial charge in [-0.05, 0) is 90.3 Å². The van der Waals surface area contributed by atoms with E-state index >= 15 is 0 Å². The first-order valence-corrected chi connectivity index (χ1v) is 14.2. The summed E-state index contributed by atoms with van der Waals surface area (Å²) in [6, 6.07) is 19.8. The van der Waals surface area contributed by atoms with Gasteiger partial charge < -0.3 is 25.0 Å². The molecule has 2 N–H and O–H groups in total. The fourth-order valence-electron chi connectivity index (χ4n) is 4.67. The van der Waals surface area contributed by atoms with E-state index in [-0.39, 0.29) is 18.1 Å². The predicted octanol–water partition coefficient (Wildman–Crippen LogP) is 6.81. The highest BCUT2D eigenvalue weighted by atomic mass is 16.6. The van der Waals surface area contributed by atoms with Crippen molar-refractivity contribution in [2.24, 2.45) is 0 Å². The van der Waals surface area contributed by atoms with Gasteiger partial charge in [-0.1, -0.05) is 30.3 Å². The van der Waals surface area contributed by atoms with E-state index in [1.54, 1.807) is 12.1 Å². The van der Waals surface area contributed by atoms with Crippen LogP contribution in [0.4, 0.5) is 16.2 Å². The van der Waals surface area contributed by atoms with Gasteiger partial charge in [-0.3, -0.25) is 4.98 Å². The maximum Gasteiger partial charge on any atom is 0.407 e. The van der Waals surface area contributed by atoms with Crippen molar-refractivity contribution in [3.05, 3.63) is 78.1 Å². The van der Waals surface area contributed by atoms with Gasteiger partial charge in [-0.15, -0.1) is 0 Å². The number of anilines is 2. The highest BCUT2D eigenvalue weighted by Gasteiger charge is 2.24. The number of carbonyl (C=O) groups excluding carboxylic acids is 2. The Hall–Kier alpha value is -4.07. The standard InChI is InChI=1S/C33H42N4O4/c1-32(2,3)40-30(38)24-12-14-25(15-13-24)34-22-29-28(23-10-8-7-9-11-23)20-27(21-35-29)37-18-16-26(17-19-37)36-31(39)41-33(4,5)6/h7-15,20-21,26,34H,16-19,22H2,1-6H3,(H,36,39). The third-order valence-corrected chi connectivity index (χ3v) is 6.60. The minimum atomic E-state index is -0.535. The van der Waals surface area contributed by atoms with Crippen LogP contribution in [0.25, 0.3) is 11.1 Å². The lowest BCUT2D eigenvalue weighted by Crippen LogP contribution is -2.46. The number of carbonyl (C=O) groups is 2. The van der Waals surface area contributed by atoms with E-state index in [9.17, 15) is 9.59 Å². The highest BCUT2D eigenvalue weighted by molar-refractivity contribution is 5.90. The van der Waals surface area contributed by atoms with Gasteiger partial charge in [0, 0.05) is 30.4 Å². The first-order chi connectivity index (χ1) is 19.4. The maximum absolute atomic E-state index is 12.3. The molecule has 1 saturated heterocycles. The van der Waals surface area contributed by atoms with Crippen LogP contribution in [0.15, 0.2) is 66.9 Å². The second kappa shape index (κ2) is 12.6. The lowest BCUT2D eigenvalue weighted by atomic mass is 10.0. The predicted molar refractivity (Wildman–Crippen MR) is 163 cm³/mol. The molecule has 4 rings (SSSR count). The third kappa shape index (κ3) is 8.96. The smallest absolute Gasteiger partial charge is 0.407 e. The molecule has 1 fully saturated rings. The van der Waals surface area contributed by atoms with Crippen molar-refractivity contribution in [2.75, 3.05) is 23.3 Å². The zero-order valence-electron chi connectivity index (χ0n) is 25.0. The Morgan fingerprint density at radius 2 is 1.54 bits per heavy atom. The molecule has 1 aromatic heterocycles. The number of rotatable bonds is 7. The molecule has 2 heterocycles. The molecule has 0 spiro atoms. The van der Waals surface area contributed by atoms with Crippen LogP contribution < -0.4 is 15.5 Å². The summed E-state index contributed by atoms with van der Waals surface area (Å²) in [5.74, 6) is -0.336. The largest absolute Gasteiger partial charge is 0.456 e. The third-order valence-electron chi connectivity index (χ3n) is 6.60. The van der Waals surface area contributed by atoms with Gasteiger partial charge in [0.05, 0.1) is 29.7 Å². The number of nitrogens with one attached hydrogen (secondary N) is 2. The summed E-state index contributed by atoms with van der Waals surface area (Å²) in [5, 5.41) is 6.45. The van der Waals surface area contributed by atoms with Gasteiger partial charge in [0.2, 0.25) is 0 Å². The van der Waals surface area contributed by atoms with Crippen LogP contribution in [0.3, 0.4) is 0 Å². The Kier molecular flexibility index (Phi) is 9.21. The van der Waals surface area contributed by atoms with E-state index in [0.29, 0.717) is 12.1 Å². The van der Waals surface area contributed by atoms with Gasteiger partial charge in [0.1, 0.15) is 11.2 Å². The average Bonchev–Trinajstić information content (AvgIpc) is 2.91. The molecule has 8 heteroatoms. The molecule has 2 aromatic carbocycles. The molecular weight excluding hydrogens is 516 g/mol. The van der Waals surface area contributed by atoms with E-state index < -0.39 is 11.2 Å². The minimum absolute atomic E-state index is 0.0906. The SMILES string of the molecule is CC(C)(C)OC(=O)NC1CCN(c2cnc(CNc3ccc(C(=O)OC(C)(C)C)cc3)c(-c3ccccc3)c2)CC1. The Balaban J connectivity index is 1.43. The van der Waals surface area contributed by atoms with Crippen LogP contribution in [0.5, 0.6) is 0 Å². The fraction of sp³-hybridized carbons (Fsp3) is 0.424. The molecule has 41 heavy (non-hydrogen) atoms. The topological polar surface area (TPSA) is 92.8 Å². The van der Waals surface area contributed by atoms with Gasteiger partial charge >= 0.3 is 12.1 Å². The Morgan fingerprint density at radius 3 is 2.15 bits per heavy atom. The number of hydrogen-bond donors (Lipinski definition) is 2. The van der Waals surface area contributed by atoms with Crippen molar-refractivity contribution < 1.29 is 19.1 Å². The number of nitrogens with zero attached hydrogens (tertiary/aromatic N) is 2. The summed E-state index contributed by atoms with van der Waals surface area (Å²) in [7, 11) is 0. The molecule has 3 aromatic rings. The van der Waals surface area contributed by atoms with E-state index in [0.717, 1.165) is 54.1 Å². The van der Waals surface area contributed by atoms with Gasteiger partial charge in [0.25, 0.3) is 0 Å². The number of alkyl carbamates (subject to hydrolysis) is 1. The second-order valence-electron chi connectivity index (χ2n) is 12.4. The van der Waals surface area contributed by atoms with Crippen molar-refractivity contribution in [1.82, 2.24) is 10.3 Å². The summed E-state index contributed by atoms with van der Waals surface area (Å²) >= 11 is 0. The number of ether oxygens (including phenoxy) is 2. The lowest BCUT2D eigenvalue weighted by molar-refractivity contribution is 0.00692. The van der Waals surface area contributed by atoms with Crippen molar-refractivity contribution >= 4 is 23.4 Å². The van der Waals surface area contributed by atoms with E-state index in [2.05, 4.69) is 33.7 Å². The molecule has 0 unspecified atom stereocenters. The molecule has 0 saturated carbocycles. The van der Waals surface area contributed by atoms with Crippen LogP contribution in [0, 0.1) is 0 Å². The summed E-state index contributed by atoms with van der Waals surface area (Å²) < 4.78 is 10.9. The minimum Gasteiger partial charge on any atom is -0.456 e. The molecule has 0 radical (unpaired) electrons. The number of hydrogen-bond acceptors (Lipinski definition) is 7. The molecule has 0 atom stereocenters. The van der Waals surface area contributed by atoms with Crippen molar-refractivity contribution in [3.8, 4) is 11.1 Å². The first kappa shape index (κ1) is 29.9. The van der Waals surface area contributed by atoms with Crippen molar-refractivity contribution in [1.29, 1.82) is 0 Å². The highest BCUT2D eigenvalue weighted by Crippen LogP contribution is 2.29. The molecule has 8 nitrogen and oxygen atoms in total. The zero-order valence-corrected chi connectivity index (χ0v) is 25.0. The molecule has 218 valence electrons. The van der Waals surface area contributed by atoms with E-state index in [1.807, 2.05) is 78.1 Å². The Bertz CT molecular complexity index is 1320. The summed E-state index contributed by atoms with van der Waals surface area (Å²) in [6.07, 6.45) is 3.24. The van der Waals surface area contributed by atoms with Crippen molar-refractivity contribution in [3.63, 3.8) is 0 Å². The van der Waals surface area contributed by atoms with Gasteiger partial charge in [-0.25, -0.2) is 9.59 Å². The molecule has 1 amide bonds. The average molecular weight is 559 g/mol. The molecule has 1 aliphatic heterocycles. The quantitative estimate of drug-likeness (QED) is 0.308. The molecule has 0 aliphatic carbocycles. The number of benzene rings is 2. The summed E-state index contributed by atoms with van der Waals surface area (Å²) in [5.41, 5.74) is 4.51. The van der Waals surface area contributed by atoms with Crippen molar-refractivity contribution in [2.45, 2.75) is 78.2 Å². The van der Waals surface area contributed by atoms with Crippen LogP contribution in [0.2, 0.25) is 0 Å². The normalized spacial score (nSPS) is 14.3. The van der Waals surface area contributed by atoms with E-state index in [1.165, 1.54) is 0 Å². The second-order valence-corrected chi connectivity index (χ2v) is 12.4. The molecular formula is C33H42N4O4. The molecule has 0 bridgehead atoms. The number of esters is 1. The number of pyridine rings is 1. The number of piperidine rings is 1.